The van der Waals surface area contributed by atoms with Crippen LogP contribution >= 0.6 is 0 Å². The van der Waals surface area contributed by atoms with Crippen LogP contribution in [0.2, 0.25) is 0 Å². The Bertz CT molecular complexity index is 1430. The SMILES string of the molecule is CCCCC/C=C/CC/C=C/CC/C=C/C(O)C(COC1OC(CO)C(OC2OC(CO)C(O)C(O)C2O)C(O)C1O)NC(=O)CCCCCCCCCCCCCCCCC/C=C\CCCCCCCCCC. The van der Waals surface area contributed by atoms with Crippen molar-refractivity contribution in [2.45, 2.75) is 306 Å². The number of aliphatic hydroxyl groups is 8. The van der Waals surface area contributed by atoms with Crippen LogP contribution < -0.4 is 5.32 Å². The number of allylic oxidation sites excluding steroid dienone is 7. The molecule has 1 amide bonds. The highest BCUT2D eigenvalue weighted by atomic mass is 16.7. The van der Waals surface area contributed by atoms with Gasteiger partial charge in [-0.25, -0.2) is 0 Å². The number of aliphatic hydroxyl groups excluding tert-OH is 8. The molecule has 12 unspecified atom stereocenters. The van der Waals surface area contributed by atoms with Crippen LogP contribution in [0, 0.1) is 0 Å². The first-order valence-electron chi connectivity index (χ1n) is 29.9. The van der Waals surface area contributed by atoms with Crippen molar-refractivity contribution in [1.29, 1.82) is 0 Å². The lowest BCUT2D eigenvalue weighted by atomic mass is 9.97. The summed E-state index contributed by atoms with van der Waals surface area (Å²) >= 11 is 0. The van der Waals surface area contributed by atoms with E-state index in [0.717, 1.165) is 44.9 Å². The molecule has 2 heterocycles. The van der Waals surface area contributed by atoms with E-state index in [9.17, 15) is 45.6 Å². The number of carbonyl (C=O) groups is 1. The molecule has 0 aliphatic carbocycles. The third-order valence-electron chi connectivity index (χ3n) is 14.5. The van der Waals surface area contributed by atoms with Crippen LogP contribution in [-0.4, -0.2) is 140 Å². The summed E-state index contributed by atoms with van der Waals surface area (Å²) in [6.07, 6.45) is 40.3. The van der Waals surface area contributed by atoms with E-state index in [0.29, 0.717) is 12.8 Å². The molecule has 0 spiro atoms. The molecule has 0 aromatic heterocycles. The van der Waals surface area contributed by atoms with Crippen molar-refractivity contribution in [3.05, 3.63) is 48.6 Å². The molecule has 0 aromatic rings. The molecule has 2 aliphatic heterocycles. The fourth-order valence-corrected chi connectivity index (χ4v) is 9.61. The zero-order chi connectivity index (χ0) is 53.9. The average Bonchev–Trinajstić information content (AvgIpc) is 3.40. The Balaban J connectivity index is 1.71. The predicted octanol–water partition coefficient (Wildman–Crippen LogP) is 10.0. The van der Waals surface area contributed by atoms with Crippen molar-refractivity contribution in [3.8, 4) is 0 Å². The number of amides is 1. The van der Waals surface area contributed by atoms with Crippen molar-refractivity contribution in [2.24, 2.45) is 0 Å². The average molecular weight is 1050 g/mol. The second-order valence-electron chi connectivity index (χ2n) is 21.1. The van der Waals surface area contributed by atoms with Crippen LogP contribution in [0.15, 0.2) is 48.6 Å². The van der Waals surface area contributed by atoms with Gasteiger partial charge in [0.2, 0.25) is 5.91 Å². The van der Waals surface area contributed by atoms with Gasteiger partial charge in [0.25, 0.3) is 0 Å². The lowest BCUT2D eigenvalue weighted by Crippen LogP contribution is -2.65. The molecule has 74 heavy (non-hydrogen) atoms. The maximum Gasteiger partial charge on any atom is 0.220 e. The molecular weight excluding hydrogens is 943 g/mol. The van der Waals surface area contributed by atoms with Crippen LogP contribution in [0.3, 0.4) is 0 Å². The molecule has 14 heteroatoms. The molecule has 2 saturated heterocycles. The summed E-state index contributed by atoms with van der Waals surface area (Å²) < 4.78 is 22.7. The summed E-state index contributed by atoms with van der Waals surface area (Å²) in [7, 11) is 0. The molecule has 0 aromatic carbocycles. The van der Waals surface area contributed by atoms with Crippen molar-refractivity contribution in [2.75, 3.05) is 19.8 Å². The van der Waals surface area contributed by atoms with Gasteiger partial charge in [-0.15, -0.1) is 0 Å². The molecule has 9 N–H and O–H groups in total. The molecule has 12 atom stereocenters. The van der Waals surface area contributed by atoms with Crippen LogP contribution in [0.1, 0.15) is 232 Å². The number of nitrogens with one attached hydrogen (secondary N) is 1. The van der Waals surface area contributed by atoms with E-state index in [2.05, 4.69) is 55.6 Å². The molecule has 432 valence electrons. The lowest BCUT2D eigenvalue weighted by molar-refractivity contribution is -0.359. The quantitative estimate of drug-likeness (QED) is 0.0205. The Morgan fingerprint density at radius 1 is 0.473 bits per heavy atom. The Morgan fingerprint density at radius 2 is 0.865 bits per heavy atom. The Kier molecular flexibility index (Phi) is 42.2. The van der Waals surface area contributed by atoms with Crippen LogP contribution in [0.4, 0.5) is 0 Å². The highest BCUT2D eigenvalue weighted by Crippen LogP contribution is 2.30. The first-order chi connectivity index (χ1) is 36.1. The Hall–Kier alpha value is -2.05. The second kappa shape index (κ2) is 45.9. The first-order valence-corrected chi connectivity index (χ1v) is 29.9. The zero-order valence-electron chi connectivity index (χ0n) is 46.3. The maximum atomic E-state index is 13.2. The van der Waals surface area contributed by atoms with E-state index in [-0.39, 0.29) is 18.9 Å². The summed E-state index contributed by atoms with van der Waals surface area (Å²) in [5.74, 6) is -0.253. The fourth-order valence-electron chi connectivity index (χ4n) is 9.61. The fraction of sp³-hybridized carbons (Fsp3) is 0.850. The van der Waals surface area contributed by atoms with Crippen LogP contribution in [0.5, 0.6) is 0 Å². The predicted molar refractivity (Wildman–Crippen MR) is 295 cm³/mol. The molecule has 2 aliphatic rings. The highest BCUT2D eigenvalue weighted by molar-refractivity contribution is 5.76. The minimum absolute atomic E-state index is 0.253. The molecule has 0 radical (unpaired) electrons. The van der Waals surface area contributed by atoms with Gasteiger partial charge >= 0.3 is 0 Å². The van der Waals surface area contributed by atoms with Crippen LogP contribution in [-0.2, 0) is 23.7 Å². The molecular formula is C60H109NO13. The number of ether oxygens (including phenoxy) is 4. The second-order valence-corrected chi connectivity index (χ2v) is 21.1. The molecule has 0 saturated carbocycles. The summed E-state index contributed by atoms with van der Waals surface area (Å²) in [5.41, 5.74) is 0. The monoisotopic (exact) mass is 1050 g/mol. The van der Waals surface area contributed by atoms with Crippen molar-refractivity contribution in [3.63, 3.8) is 0 Å². The first kappa shape index (κ1) is 68.1. The van der Waals surface area contributed by atoms with E-state index in [1.165, 1.54) is 154 Å². The third-order valence-corrected chi connectivity index (χ3v) is 14.5. The summed E-state index contributed by atoms with van der Waals surface area (Å²) in [6, 6.07) is -0.936. The Labute approximate surface area is 448 Å². The van der Waals surface area contributed by atoms with E-state index in [1.54, 1.807) is 6.08 Å². The summed E-state index contributed by atoms with van der Waals surface area (Å²) in [4.78, 5) is 13.2. The van der Waals surface area contributed by atoms with E-state index >= 15 is 0 Å². The van der Waals surface area contributed by atoms with Gasteiger partial charge in [-0.1, -0.05) is 204 Å². The number of carbonyl (C=O) groups excluding carboxylic acids is 1. The van der Waals surface area contributed by atoms with Crippen molar-refractivity contribution < 1.29 is 64.6 Å². The smallest absolute Gasteiger partial charge is 0.220 e. The standard InChI is InChI=1S/C60H109NO13/c1-3-5-7-9-11-13-15-17-18-19-20-21-22-23-24-25-26-27-28-29-30-32-34-36-38-40-42-44-52(65)61-48(49(64)43-41-39-37-35-33-31-16-14-12-10-8-6-4-2)47-71-59-57(70)55(68)58(51(46-63)73-59)74-60-56(69)54(67)53(66)50(45-62)72-60/h12,14,19-20,33,35,41,43,48-51,53-60,62-64,66-70H,3-11,13,15-18,21-32,34,36-40,42,44-47H2,1-2H3,(H,61,65)/b14-12+,20-19-,35-33+,43-41+. The lowest BCUT2D eigenvalue weighted by Gasteiger charge is -2.46. The number of rotatable bonds is 47. The van der Waals surface area contributed by atoms with Gasteiger partial charge in [-0.05, 0) is 70.6 Å². The van der Waals surface area contributed by atoms with Gasteiger partial charge < -0.3 is 65.1 Å². The van der Waals surface area contributed by atoms with E-state index < -0.39 is 86.8 Å². The number of unbranched alkanes of at least 4 members (excludes halogenated alkanes) is 28. The van der Waals surface area contributed by atoms with Gasteiger partial charge in [0.15, 0.2) is 12.6 Å². The third kappa shape index (κ3) is 31.4. The van der Waals surface area contributed by atoms with Crippen molar-refractivity contribution >= 4 is 5.91 Å². The van der Waals surface area contributed by atoms with Gasteiger partial charge in [0.1, 0.15) is 48.8 Å². The molecule has 0 bridgehead atoms. The Morgan fingerprint density at radius 3 is 1.35 bits per heavy atom. The van der Waals surface area contributed by atoms with Crippen LogP contribution in [0.25, 0.3) is 0 Å². The van der Waals surface area contributed by atoms with Crippen molar-refractivity contribution in [1.82, 2.24) is 5.32 Å². The highest BCUT2D eigenvalue weighted by Gasteiger charge is 2.51. The summed E-state index contributed by atoms with van der Waals surface area (Å²) in [5, 5.41) is 86.9. The van der Waals surface area contributed by atoms with E-state index in [1.807, 2.05) is 6.08 Å². The van der Waals surface area contributed by atoms with Gasteiger partial charge in [-0.2, -0.15) is 0 Å². The van der Waals surface area contributed by atoms with Gasteiger partial charge in [0.05, 0.1) is 32.0 Å². The molecule has 2 fully saturated rings. The zero-order valence-corrected chi connectivity index (χ0v) is 46.3. The summed E-state index contributed by atoms with van der Waals surface area (Å²) in [6.45, 7) is 2.74. The van der Waals surface area contributed by atoms with Gasteiger partial charge in [-0.3, -0.25) is 4.79 Å². The maximum absolute atomic E-state index is 13.2. The van der Waals surface area contributed by atoms with Gasteiger partial charge in [0, 0.05) is 6.42 Å². The minimum Gasteiger partial charge on any atom is -0.394 e. The molecule has 14 nitrogen and oxygen atoms in total. The minimum atomic E-state index is -1.79. The normalized spacial score (nSPS) is 25.5. The number of hydrogen-bond donors (Lipinski definition) is 9. The number of hydrogen-bond acceptors (Lipinski definition) is 13. The topological polar surface area (TPSA) is 228 Å². The largest absolute Gasteiger partial charge is 0.394 e. The van der Waals surface area contributed by atoms with E-state index in [4.69, 9.17) is 18.9 Å². The molecule has 2 rings (SSSR count).